The Labute approximate surface area is 169 Å². The molecule has 0 aliphatic heterocycles. The molecule has 29 heavy (non-hydrogen) atoms. The molecule has 1 amide bonds. The van der Waals surface area contributed by atoms with Gasteiger partial charge in [0.2, 0.25) is 5.91 Å². The Hall–Kier alpha value is -3.48. The Morgan fingerprint density at radius 3 is 2.45 bits per heavy atom. The molecule has 7 heteroatoms. The number of nitrogens with one attached hydrogen (secondary N) is 2. The Kier molecular flexibility index (Phi) is 5.50. The van der Waals surface area contributed by atoms with E-state index >= 15 is 0 Å². The highest BCUT2D eigenvalue weighted by molar-refractivity contribution is 6.08. The van der Waals surface area contributed by atoms with Crippen molar-refractivity contribution in [1.82, 2.24) is 19.9 Å². The third-order valence-corrected chi connectivity index (χ3v) is 4.35. The molecule has 3 rings (SSSR count). The van der Waals surface area contributed by atoms with Crippen LogP contribution in [0.15, 0.2) is 42.7 Å². The predicted octanol–water partition coefficient (Wildman–Crippen LogP) is 4.03. The lowest BCUT2D eigenvalue weighted by Crippen LogP contribution is -2.20. The minimum Gasteiger partial charge on any atom is -0.345 e. The van der Waals surface area contributed by atoms with Crippen LogP contribution in [0.2, 0.25) is 0 Å². The van der Waals surface area contributed by atoms with Crippen LogP contribution in [0.3, 0.4) is 0 Å². The number of ketones is 1. The zero-order chi connectivity index (χ0) is 21.2. The first-order valence-corrected chi connectivity index (χ1v) is 9.30. The molecule has 0 unspecified atom stereocenters. The van der Waals surface area contributed by atoms with E-state index in [0.29, 0.717) is 22.5 Å². The summed E-state index contributed by atoms with van der Waals surface area (Å²) in [4.78, 5) is 37.8. The summed E-state index contributed by atoms with van der Waals surface area (Å²) in [7, 11) is 3.42. The summed E-state index contributed by atoms with van der Waals surface area (Å²) >= 11 is 0. The van der Waals surface area contributed by atoms with Gasteiger partial charge in [-0.25, -0.2) is 9.97 Å². The maximum atomic E-state index is 12.7. The molecule has 7 nitrogen and oxygen atoms in total. The molecule has 0 aliphatic rings. The molecular formula is C22H25N5O2. The quantitative estimate of drug-likeness (QED) is 0.506. The molecule has 150 valence electrons. The molecule has 0 fully saturated rings. The van der Waals surface area contributed by atoms with Crippen LogP contribution in [0.4, 0.5) is 11.5 Å². The molecule has 3 aromatic rings. The lowest BCUT2D eigenvalue weighted by atomic mass is 9.87. The van der Waals surface area contributed by atoms with Crippen LogP contribution in [0.25, 0.3) is 17.2 Å². The molecule has 0 spiro atoms. The second kappa shape index (κ2) is 7.87. The van der Waals surface area contributed by atoms with Crippen molar-refractivity contribution in [1.29, 1.82) is 0 Å². The van der Waals surface area contributed by atoms with Crippen molar-refractivity contribution >= 4 is 40.4 Å². The van der Waals surface area contributed by atoms with Crippen LogP contribution in [0, 0.1) is 5.41 Å². The predicted molar refractivity (Wildman–Crippen MR) is 115 cm³/mol. The van der Waals surface area contributed by atoms with Crippen molar-refractivity contribution in [2.24, 2.45) is 5.41 Å². The number of aromatic amines is 1. The number of likely N-dealkylation sites (N-methyl/N-ethyl adjacent to an activating group) is 1. The lowest BCUT2D eigenvalue weighted by molar-refractivity contribution is -0.123. The standard InChI is InChI=1S/C22H25N5O2/c1-22(2,3)20(29)16-12-23-21-19(16)26-17(13-24-21)25-15-9-6-14(7-10-15)8-11-18(28)27(4)5/h6-13H,1-5H3,(H,23,24)(H,25,26). The fourth-order valence-corrected chi connectivity index (χ4v) is 2.67. The number of nitrogens with zero attached hydrogens (tertiary/aromatic N) is 3. The highest BCUT2D eigenvalue weighted by atomic mass is 16.2. The summed E-state index contributed by atoms with van der Waals surface area (Å²) in [5.41, 5.74) is 2.91. The van der Waals surface area contributed by atoms with Gasteiger partial charge in [-0.2, -0.15) is 0 Å². The van der Waals surface area contributed by atoms with E-state index in [1.165, 1.54) is 11.0 Å². The van der Waals surface area contributed by atoms with E-state index in [1.54, 1.807) is 32.6 Å². The first-order valence-electron chi connectivity index (χ1n) is 9.30. The number of amides is 1. The highest BCUT2D eigenvalue weighted by Gasteiger charge is 2.26. The number of Topliss-reactive ketones (excluding diaryl/α,β-unsaturated/α-hetero) is 1. The first kappa shape index (κ1) is 20.3. The van der Waals surface area contributed by atoms with Crippen LogP contribution < -0.4 is 5.32 Å². The molecule has 0 saturated carbocycles. The molecule has 0 aliphatic carbocycles. The third-order valence-electron chi connectivity index (χ3n) is 4.35. The number of hydrogen-bond donors (Lipinski definition) is 2. The van der Waals surface area contributed by atoms with E-state index in [1.807, 2.05) is 45.0 Å². The van der Waals surface area contributed by atoms with Gasteiger partial charge in [-0.05, 0) is 23.8 Å². The van der Waals surface area contributed by atoms with Gasteiger partial charge in [-0.3, -0.25) is 9.59 Å². The topological polar surface area (TPSA) is 91.0 Å². The lowest BCUT2D eigenvalue weighted by Gasteiger charge is -2.15. The average Bonchev–Trinajstić information content (AvgIpc) is 3.08. The van der Waals surface area contributed by atoms with Crippen molar-refractivity contribution in [2.45, 2.75) is 20.8 Å². The van der Waals surface area contributed by atoms with Gasteiger partial charge in [0.15, 0.2) is 11.4 Å². The Balaban J connectivity index is 1.80. The summed E-state index contributed by atoms with van der Waals surface area (Å²) in [6, 6.07) is 7.59. The SMILES string of the molecule is CN(C)C(=O)C=Cc1ccc(Nc2cnc3[nH]cc(C(=O)C(C)(C)C)c3n2)cc1. The third kappa shape index (κ3) is 4.68. The van der Waals surface area contributed by atoms with E-state index in [2.05, 4.69) is 20.3 Å². The van der Waals surface area contributed by atoms with Gasteiger partial charge in [-0.1, -0.05) is 32.9 Å². The van der Waals surface area contributed by atoms with Crippen LogP contribution in [0.5, 0.6) is 0 Å². The zero-order valence-electron chi connectivity index (χ0n) is 17.3. The molecule has 0 radical (unpaired) electrons. The molecular weight excluding hydrogens is 366 g/mol. The van der Waals surface area contributed by atoms with E-state index in [0.717, 1.165) is 11.3 Å². The van der Waals surface area contributed by atoms with Crippen molar-refractivity contribution in [2.75, 3.05) is 19.4 Å². The van der Waals surface area contributed by atoms with Crippen molar-refractivity contribution in [3.8, 4) is 0 Å². The van der Waals surface area contributed by atoms with Gasteiger partial charge < -0.3 is 15.2 Å². The van der Waals surface area contributed by atoms with E-state index < -0.39 is 5.41 Å². The largest absolute Gasteiger partial charge is 0.345 e. The monoisotopic (exact) mass is 391 g/mol. The van der Waals surface area contributed by atoms with Crippen LogP contribution in [-0.4, -0.2) is 45.6 Å². The van der Waals surface area contributed by atoms with Crippen LogP contribution >= 0.6 is 0 Å². The number of aromatic nitrogens is 3. The van der Waals surface area contributed by atoms with Gasteiger partial charge in [0, 0.05) is 37.5 Å². The minimum atomic E-state index is -0.502. The maximum absolute atomic E-state index is 12.7. The fraction of sp³-hybridized carbons (Fsp3) is 0.273. The second-order valence-electron chi connectivity index (χ2n) is 8.05. The Morgan fingerprint density at radius 1 is 1.14 bits per heavy atom. The number of fused-ring (bicyclic) bond motifs is 1. The fourth-order valence-electron chi connectivity index (χ4n) is 2.67. The van der Waals surface area contributed by atoms with Crippen LogP contribution in [-0.2, 0) is 4.79 Å². The summed E-state index contributed by atoms with van der Waals surface area (Å²) in [5.74, 6) is 0.493. The van der Waals surface area contributed by atoms with E-state index in [-0.39, 0.29) is 11.7 Å². The Morgan fingerprint density at radius 2 is 1.83 bits per heavy atom. The zero-order valence-corrected chi connectivity index (χ0v) is 17.3. The first-order chi connectivity index (χ1) is 13.6. The second-order valence-corrected chi connectivity index (χ2v) is 8.05. The molecule has 0 saturated heterocycles. The molecule has 0 atom stereocenters. The van der Waals surface area contributed by atoms with Gasteiger partial charge >= 0.3 is 0 Å². The number of H-pyrrole nitrogens is 1. The van der Waals surface area contributed by atoms with Gasteiger partial charge in [0.25, 0.3) is 0 Å². The normalized spacial score (nSPS) is 11.8. The number of anilines is 2. The average molecular weight is 391 g/mol. The van der Waals surface area contributed by atoms with Crippen molar-refractivity contribution in [3.05, 3.63) is 53.9 Å². The summed E-state index contributed by atoms with van der Waals surface area (Å²) in [6.45, 7) is 5.64. The molecule has 0 bridgehead atoms. The summed E-state index contributed by atoms with van der Waals surface area (Å²) < 4.78 is 0. The Bertz CT molecular complexity index is 1070. The molecule has 2 aromatic heterocycles. The van der Waals surface area contributed by atoms with E-state index in [9.17, 15) is 9.59 Å². The van der Waals surface area contributed by atoms with Crippen molar-refractivity contribution < 1.29 is 9.59 Å². The number of carbonyl (C=O) groups is 2. The summed E-state index contributed by atoms with van der Waals surface area (Å²) in [5, 5.41) is 3.20. The molecule has 2 heterocycles. The summed E-state index contributed by atoms with van der Waals surface area (Å²) in [6.07, 6.45) is 6.58. The van der Waals surface area contributed by atoms with Gasteiger partial charge in [0.05, 0.1) is 11.8 Å². The van der Waals surface area contributed by atoms with E-state index in [4.69, 9.17) is 0 Å². The molecule has 1 aromatic carbocycles. The number of hydrogen-bond acceptors (Lipinski definition) is 5. The maximum Gasteiger partial charge on any atom is 0.246 e. The van der Waals surface area contributed by atoms with Crippen molar-refractivity contribution in [3.63, 3.8) is 0 Å². The number of rotatable bonds is 5. The molecule has 2 N–H and O–H groups in total. The van der Waals surface area contributed by atoms with Gasteiger partial charge in [0.1, 0.15) is 11.3 Å². The van der Waals surface area contributed by atoms with Gasteiger partial charge in [-0.15, -0.1) is 0 Å². The number of carbonyl (C=O) groups excluding carboxylic acids is 2. The highest BCUT2D eigenvalue weighted by Crippen LogP contribution is 2.26. The smallest absolute Gasteiger partial charge is 0.246 e. The minimum absolute atomic E-state index is 0.0126. The number of benzene rings is 1. The van der Waals surface area contributed by atoms with Crippen LogP contribution in [0.1, 0.15) is 36.7 Å².